The lowest BCUT2D eigenvalue weighted by Crippen LogP contribution is -2.39. The van der Waals surface area contributed by atoms with Gasteiger partial charge < -0.3 is 29.8 Å². The second kappa shape index (κ2) is 12.8. The van der Waals surface area contributed by atoms with Gasteiger partial charge in [-0.05, 0) is 40.2 Å². The van der Waals surface area contributed by atoms with Crippen molar-refractivity contribution in [3.8, 4) is 6.07 Å². The van der Waals surface area contributed by atoms with E-state index in [0.717, 1.165) is 6.07 Å². The first-order chi connectivity index (χ1) is 20.8. The molecule has 2 N–H and O–H groups in total. The smallest absolute Gasteiger partial charge is 0.358 e. The van der Waals surface area contributed by atoms with E-state index < -0.39 is 28.4 Å². The number of anilines is 3. The third-order valence-electron chi connectivity index (χ3n) is 6.32. The van der Waals surface area contributed by atoms with E-state index in [1.165, 1.54) is 31.0 Å². The number of aromatic nitrogens is 5. The van der Waals surface area contributed by atoms with Crippen LogP contribution in [0.5, 0.6) is 0 Å². The minimum Gasteiger partial charge on any atom is -0.358 e. The summed E-state index contributed by atoms with van der Waals surface area (Å²) in [5.41, 5.74) is -0.818. The first-order valence-corrected chi connectivity index (χ1v) is 12.9. The van der Waals surface area contributed by atoms with Gasteiger partial charge in [0.25, 0.3) is 0 Å². The minimum atomic E-state index is -4.89. The molecule has 13 nitrogen and oxygen atoms in total. The van der Waals surface area contributed by atoms with Crippen LogP contribution in [0.3, 0.4) is 0 Å². The second-order valence-electron chi connectivity index (χ2n) is 10.2. The molecule has 3 aromatic heterocycles. The number of fused-ring (bicyclic) bond motifs is 1. The summed E-state index contributed by atoms with van der Waals surface area (Å²) in [5, 5.41) is 26.0. The average molecular weight is 614 g/mol. The number of halogens is 4. The predicted octanol–water partition coefficient (Wildman–Crippen LogP) is 4.72. The van der Waals surface area contributed by atoms with Gasteiger partial charge in [-0.25, -0.2) is 19.3 Å². The van der Waals surface area contributed by atoms with Crippen LogP contribution in [0.2, 0.25) is 0 Å². The van der Waals surface area contributed by atoms with Gasteiger partial charge in [-0.15, -0.1) is 0 Å². The summed E-state index contributed by atoms with van der Waals surface area (Å²) in [4.78, 5) is 39.6. The highest BCUT2D eigenvalue weighted by atomic mass is 19.4. The fraction of sp³-hybridized carbons (Fsp3) is 0.259. The standard InChI is InChI=1S/C27H24F4N10O3/c1-41(2,14-22-26(40(43)44)36-16-39(22)9-4-8-32)10-3-5-24(42)38-23-12-18-21(13-33-23)34-15-35-25(18)37-17-6-7-20(28)19(11-17)27(29,30)31/h3,5-7,11-13,15-16H,4,9-10,14H2,1-2H3,(H-,33,34,35,37,38,42)/p+1/b5-3+. The maximum atomic E-state index is 13.7. The molecule has 0 saturated heterocycles. The molecule has 0 unspecified atom stereocenters. The van der Waals surface area contributed by atoms with Crippen LogP contribution in [0, 0.1) is 27.3 Å². The number of carbonyl (C=O) groups is 1. The van der Waals surface area contributed by atoms with Gasteiger partial charge in [-0.1, -0.05) is 0 Å². The molecule has 17 heteroatoms. The quantitative estimate of drug-likeness (QED) is 0.0801. The van der Waals surface area contributed by atoms with Crippen LogP contribution < -0.4 is 10.6 Å². The Hall–Kier alpha value is -5.50. The molecule has 0 aliphatic heterocycles. The molecule has 3 heterocycles. The molecule has 0 saturated carbocycles. The van der Waals surface area contributed by atoms with Crippen molar-refractivity contribution >= 4 is 40.0 Å². The Bertz CT molecular complexity index is 1780. The fourth-order valence-corrected chi connectivity index (χ4v) is 4.24. The SMILES string of the molecule is C[N+](C)(C/C=C/C(=O)Nc1cc2c(Nc3ccc(F)c(C(F)(F)F)c3)ncnc2cn1)Cc1c([N+](=O)[O-])ncn1CCC#N. The number of hydrogen-bond acceptors (Lipinski definition) is 9. The van der Waals surface area contributed by atoms with Gasteiger partial charge in [0.2, 0.25) is 12.2 Å². The Balaban J connectivity index is 1.46. The lowest BCUT2D eigenvalue weighted by Gasteiger charge is -2.28. The number of amides is 1. The number of aryl methyl sites for hydroxylation is 1. The van der Waals surface area contributed by atoms with Gasteiger partial charge in [0, 0.05) is 23.7 Å². The molecule has 0 spiro atoms. The summed E-state index contributed by atoms with van der Waals surface area (Å²) in [5.74, 6) is -2.04. The van der Waals surface area contributed by atoms with Crippen LogP contribution in [0.1, 0.15) is 17.7 Å². The molecular formula is C27H25F4N10O3+. The lowest BCUT2D eigenvalue weighted by molar-refractivity contribution is -0.898. The van der Waals surface area contributed by atoms with Crippen molar-refractivity contribution in [2.45, 2.75) is 25.7 Å². The number of nitriles is 1. The minimum absolute atomic E-state index is 0.0664. The topological polar surface area (TPSA) is 165 Å². The molecule has 0 fully saturated rings. The summed E-state index contributed by atoms with van der Waals surface area (Å²) in [7, 11) is 3.62. The zero-order chi connectivity index (χ0) is 32.1. The Morgan fingerprint density at radius 2 is 1.98 bits per heavy atom. The summed E-state index contributed by atoms with van der Waals surface area (Å²) in [6.07, 6.45) is 1.97. The van der Waals surface area contributed by atoms with E-state index in [0.29, 0.717) is 35.3 Å². The van der Waals surface area contributed by atoms with Gasteiger partial charge >= 0.3 is 12.0 Å². The highest BCUT2D eigenvalue weighted by molar-refractivity contribution is 6.00. The maximum Gasteiger partial charge on any atom is 0.419 e. The number of alkyl halides is 3. The molecule has 0 radical (unpaired) electrons. The largest absolute Gasteiger partial charge is 0.419 e. The average Bonchev–Trinajstić information content (AvgIpc) is 3.34. The van der Waals surface area contributed by atoms with E-state index in [4.69, 9.17) is 5.26 Å². The normalized spacial score (nSPS) is 11.9. The number of pyridine rings is 1. The third-order valence-corrected chi connectivity index (χ3v) is 6.32. The van der Waals surface area contributed by atoms with Gasteiger partial charge in [0.05, 0.1) is 50.4 Å². The molecular weight excluding hydrogens is 588 g/mol. The van der Waals surface area contributed by atoms with E-state index in [9.17, 15) is 32.5 Å². The van der Waals surface area contributed by atoms with E-state index in [1.54, 1.807) is 10.6 Å². The Kier molecular flexibility index (Phi) is 9.14. The van der Waals surface area contributed by atoms with Gasteiger partial charge in [-0.2, -0.15) is 18.4 Å². The molecule has 0 aliphatic rings. The molecule has 1 aromatic carbocycles. The van der Waals surface area contributed by atoms with Gasteiger partial charge in [0.1, 0.15) is 30.3 Å². The van der Waals surface area contributed by atoms with E-state index in [2.05, 4.69) is 30.6 Å². The van der Waals surface area contributed by atoms with Crippen LogP contribution in [-0.4, -0.2) is 60.5 Å². The van der Waals surface area contributed by atoms with Crippen LogP contribution in [-0.2, 0) is 24.1 Å². The highest BCUT2D eigenvalue weighted by Crippen LogP contribution is 2.34. The molecule has 1 amide bonds. The van der Waals surface area contributed by atoms with Crippen LogP contribution in [0.25, 0.3) is 10.9 Å². The third kappa shape index (κ3) is 7.66. The van der Waals surface area contributed by atoms with E-state index in [-0.39, 0.29) is 47.1 Å². The molecule has 0 bridgehead atoms. The number of hydrogen-bond donors (Lipinski definition) is 2. The first-order valence-electron chi connectivity index (χ1n) is 12.9. The van der Waals surface area contributed by atoms with E-state index >= 15 is 0 Å². The van der Waals surface area contributed by atoms with Gasteiger partial charge in [0.15, 0.2) is 5.69 Å². The number of benzene rings is 1. The maximum absolute atomic E-state index is 13.7. The summed E-state index contributed by atoms with van der Waals surface area (Å²) >= 11 is 0. The first kappa shape index (κ1) is 31.4. The van der Waals surface area contributed by atoms with E-state index in [1.807, 2.05) is 20.2 Å². The monoisotopic (exact) mass is 613 g/mol. The number of nitrogens with zero attached hydrogens (tertiary/aromatic N) is 8. The lowest BCUT2D eigenvalue weighted by atomic mass is 10.1. The van der Waals surface area contributed by atoms with Gasteiger partial charge in [-0.3, -0.25) is 4.79 Å². The van der Waals surface area contributed by atoms with Crippen LogP contribution >= 0.6 is 0 Å². The summed E-state index contributed by atoms with van der Waals surface area (Å²) < 4.78 is 54.9. The highest BCUT2D eigenvalue weighted by Gasteiger charge is 2.34. The summed E-state index contributed by atoms with van der Waals surface area (Å²) in [6, 6.07) is 5.87. The number of imidazole rings is 1. The van der Waals surface area contributed by atoms with Crippen molar-refractivity contribution in [3.63, 3.8) is 0 Å². The van der Waals surface area contributed by atoms with Crippen LogP contribution in [0.15, 0.2) is 55.3 Å². The van der Waals surface area contributed by atoms with Crippen molar-refractivity contribution in [2.75, 3.05) is 31.3 Å². The number of nitro groups is 1. The summed E-state index contributed by atoms with van der Waals surface area (Å²) in [6.45, 7) is 0.761. The number of nitrogens with one attached hydrogen (secondary N) is 2. The van der Waals surface area contributed by atoms with Crippen molar-refractivity contribution in [2.24, 2.45) is 0 Å². The molecule has 4 aromatic rings. The molecule has 0 aliphatic carbocycles. The number of carbonyl (C=O) groups excluding carboxylic acids is 1. The Morgan fingerprint density at radius 3 is 2.68 bits per heavy atom. The van der Waals surface area contributed by atoms with Crippen molar-refractivity contribution in [1.29, 1.82) is 5.26 Å². The van der Waals surface area contributed by atoms with Crippen LogP contribution in [0.4, 0.5) is 40.7 Å². The number of quaternary nitrogens is 1. The van der Waals surface area contributed by atoms with Crippen molar-refractivity contribution in [1.82, 2.24) is 24.5 Å². The second-order valence-corrected chi connectivity index (χ2v) is 10.2. The number of likely N-dealkylation sites (N-methyl/N-ethyl adjacent to an activating group) is 1. The molecule has 4 rings (SSSR count). The zero-order valence-corrected chi connectivity index (χ0v) is 23.3. The number of rotatable bonds is 11. The molecule has 228 valence electrons. The molecule has 0 atom stereocenters. The fourth-order valence-electron chi connectivity index (χ4n) is 4.24. The van der Waals surface area contributed by atoms with Crippen molar-refractivity contribution < 1.29 is 31.8 Å². The van der Waals surface area contributed by atoms with Crippen molar-refractivity contribution in [3.05, 3.63) is 82.5 Å². The zero-order valence-electron chi connectivity index (χ0n) is 23.3. The predicted molar refractivity (Wildman–Crippen MR) is 150 cm³/mol. The Morgan fingerprint density at radius 1 is 1.20 bits per heavy atom. The Labute approximate surface area is 247 Å². The molecule has 44 heavy (non-hydrogen) atoms.